The molecule has 0 aliphatic heterocycles. The minimum Gasteiger partial charge on any atom is -0.370 e. The number of aromatic nitrogens is 2. The van der Waals surface area contributed by atoms with Crippen molar-refractivity contribution in [2.24, 2.45) is 5.92 Å². The summed E-state index contributed by atoms with van der Waals surface area (Å²) in [5.74, 6) is 3.56. The maximum Gasteiger partial charge on any atom is 0.137 e. The molecule has 1 aromatic rings. The second-order valence-corrected chi connectivity index (χ2v) is 5.60. The van der Waals surface area contributed by atoms with E-state index in [4.69, 9.17) is 0 Å². The molecule has 0 spiro atoms. The molecule has 1 N–H and O–H groups in total. The molecule has 0 fully saturated rings. The summed E-state index contributed by atoms with van der Waals surface area (Å²) in [6.45, 7) is 12.7. The third-order valence-electron chi connectivity index (χ3n) is 3.18. The standard InChI is InChI=1S/C15H28N4/c1-7-9-16-14-12(4)15(18-13(5)17-14)19(6)10-8-11(2)3/h11H,7-10H2,1-6H3,(H,16,17,18). The molecule has 0 saturated heterocycles. The molecule has 1 aromatic heterocycles. The first-order valence-corrected chi connectivity index (χ1v) is 7.26. The predicted molar refractivity (Wildman–Crippen MR) is 83.0 cm³/mol. The lowest BCUT2D eigenvalue weighted by atomic mass is 10.1. The van der Waals surface area contributed by atoms with Gasteiger partial charge in [-0.25, -0.2) is 9.97 Å². The molecule has 0 saturated carbocycles. The van der Waals surface area contributed by atoms with Crippen molar-refractivity contribution in [2.45, 2.75) is 47.5 Å². The predicted octanol–water partition coefficient (Wildman–Crippen LogP) is 3.40. The number of hydrogen-bond acceptors (Lipinski definition) is 4. The Morgan fingerprint density at radius 2 is 1.89 bits per heavy atom. The van der Waals surface area contributed by atoms with E-state index >= 15 is 0 Å². The number of rotatable bonds is 7. The lowest BCUT2D eigenvalue weighted by Gasteiger charge is -2.23. The van der Waals surface area contributed by atoms with Gasteiger partial charge in [0.1, 0.15) is 17.5 Å². The van der Waals surface area contributed by atoms with Gasteiger partial charge in [-0.15, -0.1) is 0 Å². The highest BCUT2D eigenvalue weighted by Crippen LogP contribution is 2.23. The lowest BCUT2D eigenvalue weighted by Crippen LogP contribution is -2.23. The van der Waals surface area contributed by atoms with Crippen molar-refractivity contribution >= 4 is 11.6 Å². The Hall–Kier alpha value is -1.32. The monoisotopic (exact) mass is 264 g/mol. The molecule has 0 atom stereocenters. The highest BCUT2D eigenvalue weighted by atomic mass is 15.2. The van der Waals surface area contributed by atoms with Crippen molar-refractivity contribution in [2.75, 3.05) is 30.4 Å². The van der Waals surface area contributed by atoms with E-state index in [0.29, 0.717) is 5.92 Å². The molecular formula is C15H28N4. The quantitative estimate of drug-likeness (QED) is 0.819. The zero-order chi connectivity index (χ0) is 14.4. The summed E-state index contributed by atoms with van der Waals surface area (Å²) in [6, 6.07) is 0. The first-order chi connectivity index (χ1) is 8.95. The summed E-state index contributed by atoms with van der Waals surface area (Å²) in [6.07, 6.45) is 2.28. The zero-order valence-corrected chi connectivity index (χ0v) is 13.2. The summed E-state index contributed by atoms with van der Waals surface area (Å²) in [4.78, 5) is 11.3. The van der Waals surface area contributed by atoms with Gasteiger partial charge in [-0.3, -0.25) is 0 Å². The summed E-state index contributed by atoms with van der Waals surface area (Å²) in [5.41, 5.74) is 1.14. The van der Waals surface area contributed by atoms with Gasteiger partial charge in [0.25, 0.3) is 0 Å². The van der Waals surface area contributed by atoms with E-state index < -0.39 is 0 Å². The molecule has 108 valence electrons. The average molecular weight is 264 g/mol. The fourth-order valence-electron chi connectivity index (χ4n) is 1.96. The van der Waals surface area contributed by atoms with Gasteiger partial charge in [-0.05, 0) is 32.6 Å². The van der Waals surface area contributed by atoms with Crippen LogP contribution in [0.1, 0.15) is 45.0 Å². The van der Waals surface area contributed by atoms with Gasteiger partial charge < -0.3 is 10.2 Å². The zero-order valence-electron chi connectivity index (χ0n) is 13.2. The van der Waals surface area contributed by atoms with Crippen LogP contribution in [0.25, 0.3) is 0 Å². The normalized spacial score (nSPS) is 10.9. The molecule has 0 unspecified atom stereocenters. The third kappa shape index (κ3) is 4.69. The van der Waals surface area contributed by atoms with Crippen LogP contribution in [0.4, 0.5) is 11.6 Å². The Morgan fingerprint density at radius 1 is 1.21 bits per heavy atom. The fraction of sp³-hybridized carbons (Fsp3) is 0.733. The molecule has 1 heterocycles. The van der Waals surface area contributed by atoms with Crippen molar-refractivity contribution in [3.05, 3.63) is 11.4 Å². The van der Waals surface area contributed by atoms with E-state index in [0.717, 1.165) is 42.5 Å². The molecule has 0 amide bonds. The van der Waals surface area contributed by atoms with Crippen molar-refractivity contribution in [1.82, 2.24) is 9.97 Å². The van der Waals surface area contributed by atoms with Crippen LogP contribution in [0.15, 0.2) is 0 Å². The van der Waals surface area contributed by atoms with E-state index in [1.807, 2.05) is 6.92 Å². The summed E-state index contributed by atoms with van der Waals surface area (Å²) < 4.78 is 0. The number of nitrogens with one attached hydrogen (secondary N) is 1. The Bertz CT molecular complexity index is 401. The van der Waals surface area contributed by atoms with Crippen LogP contribution < -0.4 is 10.2 Å². The first-order valence-electron chi connectivity index (χ1n) is 7.26. The van der Waals surface area contributed by atoms with Crippen LogP contribution in [0.2, 0.25) is 0 Å². The SMILES string of the molecule is CCCNc1nc(C)nc(N(C)CCC(C)C)c1C. The van der Waals surface area contributed by atoms with Gasteiger partial charge in [-0.1, -0.05) is 20.8 Å². The minimum atomic E-state index is 0.711. The second-order valence-electron chi connectivity index (χ2n) is 5.60. The smallest absolute Gasteiger partial charge is 0.137 e. The highest BCUT2D eigenvalue weighted by molar-refractivity contribution is 5.58. The van der Waals surface area contributed by atoms with Crippen LogP contribution >= 0.6 is 0 Å². The molecule has 4 heteroatoms. The van der Waals surface area contributed by atoms with Gasteiger partial charge in [-0.2, -0.15) is 0 Å². The molecule has 0 radical (unpaired) electrons. The van der Waals surface area contributed by atoms with Crippen LogP contribution in [0, 0.1) is 19.8 Å². The molecular weight excluding hydrogens is 236 g/mol. The molecule has 0 aromatic carbocycles. The number of hydrogen-bond donors (Lipinski definition) is 1. The lowest BCUT2D eigenvalue weighted by molar-refractivity contribution is 0.583. The molecule has 0 bridgehead atoms. The van der Waals surface area contributed by atoms with Crippen molar-refractivity contribution < 1.29 is 0 Å². The Labute approximate surface area is 117 Å². The van der Waals surface area contributed by atoms with Gasteiger partial charge in [0, 0.05) is 25.7 Å². The van der Waals surface area contributed by atoms with Crippen molar-refractivity contribution in [3.8, 4) is 0 Å². The van der Waals surface area contributed by atoms with E-state index in [9.17, 15) is 0 Å². The third-order valence-corrected chi connectivity index (χ3v) is 3.18. The Kier molecular flexibility index (Phi) is 6.06. The van der Waals surface area contributed by atoms with E-state index in [1.54, 1.807) is 0 Å². The average Bonchev–Trinajstić information content (AvgIpc) is 2.36. The van der Waals surface area contributed by atoms with Gasteiger partial charge in [0.15, 0.2) is 0 Å². The Balaban J connectivity index is 2.90. The summed E-state index contributed by atoms with van der Waals surface area (Å²) in [7, 11) is 2.11. The second kappa shape index (κ2) is 7.31. The molecule has 0 aliphatic rings. The van der Waals surface area contributed by atoms with Crippen LogP contribution in [0.5, 0.6) is 0 Å². The van der Waals surface area contributed by atoms with Gasteiger partial charge >= 0.3 is 0 Å². The van der Waals surface area contributed by atoms with E-state index in [2.05, 4.69) is 54.9 Å². The minimum absolute atomic E-state index is 0.711. The molecule has 1 rings (SSSR count). The van der Waals surface area contributed by atoms with Crippen molar-refractivity contribution in [3.63, 3.8) is 0 Å². The number of aryl methyl sites for hydroxylation is 1. The molecule has 0 aliphatic carbocycles. The topological polar surface area (TPSA) is 41.1 Å². The van der Waals surface area contributed by atoms with Crippen LogP contribution in [0.3, 0.4) is 0 Å². The van der Waals surface area contributed by atoms with Crippen LogP contribution in [-0.4, -0.2) is 30.1 Å². The van der Waals surface area contributed by atoms with E-state index in [-0.39, 0.29) is 0 Å². The van der Waals surface area contributed by atoms with E-state index in [1.165, 1.54) is 6.42 Å². The largest absolute Gasteiger partial charge is 0.370 e. The Morgan fingerprint density at radius 3 is 2.47 bits per heavy atom. The van der Waals surface area contributed by atoms with Crippen molar-refractivity contribution in [1.29, 1.82) is 0 Å². The summed E-state index contributed by atoms with van der Waals surface area (Å²) in [5, 5.41) is 3.39. The number of nitrogens with zero attached hydrogens (tertiary/aromatic N) is 3. The number of anilines is 2. The molecule has 19 heavy (non-hydrogen) atoms. The fourth-order valence-corrected chi connectivity index (χ4v) is 1.96. The maximum atomic E-state index is 4.59. The first kappa shape index (κ1) is 15.7. The van der Waals surface area contributed by atoms with Gasteiger partial charge in [0.05, 0.1) is 0 Å². The van der Waals surface area contributed by atoms with Crippen LogP contribution in [-0.2, 0) is 0 Å². The van der Waals surface area contributed by atoms with Gasteiger partial charge in [0.2, 0.25) is 0 Å². The molecule has 4 nitrogen and oxygen atoms in total. The summed E-state index contributed by atoms with van der Waals surface area (Å²) >= 11 is 0. The highest BCUT2D eigenvalue weighted by Gasteiger charge is 2.12. The maximum absolute atomic E-state index is 4.59.